The zero-order chi connectivity index (χ0) is 10.6. The molecule has 4 heteroatoms. The maximum Gasteiger partial charge on any atom is 0.249 e. The van der Waals surface area contributed by atoms with Gasteiger partial charge in [0, 0.05) is 5.88 Å². The molecule has 0 amide bonds. The number of alkyl halides is 1. The highest BCUT2D eigenvalue weighted by atomic mass is 35.7. The topological polar surface area (TPSA) is 0 Å². The molecule has 0 spiro atoms. The lowest BCUT2D eigenvalue weighted by Crippen LogP contribution is -2.18. The van der Waals surface area contributed by atoms with E-state index in [1.165, 1.54) is 5.56 Å². The van der Waals surface area contributed by atoms with Crippen LogP contribution in [0.25, 0.3) is 0 Å². The Hall–Kier alpha value is 0.307. The second-order valence-electron chi connectivity index (χ2n) is 3.54. The van der Waals surface area contributed by atoms with E-state index < -0.39 is 6.69 Å². The van der Waals surface area contributed by atoms with Gasteiger partial charge in [-0.05, 0) is 24.1 Å². The molecule has 14 heavy (non-hydrogen) atoms. The Bertz CT molecular complexity index is 268. The van der Waals surface area contributed by atoms with E-state index >= 15 is 0 Å². The fourth-order valence-corrected chi connectivity index (χ4v) is 4.25. The van der Waals surface area contributed by atoms with Gasteiger partial charge >= 0.3 is 0 Å². The van der Waals surface area contributed by atoms with Crippen LogP contribution in [0.3, 0.4) is 0 Å². The summed E-state index contributed by atoms with van der Waals surface area (Å²) < 4.78 is 0. The van der Waals surface area contributed by atoms with E-state index in [-0.39, 0.29) is 5.92 Å². The van der Waals surface area contributed by atoms with Gasteiger partial charge < -0.3 is 0 Å². The Morgan fingerprint density at radius 1 is 1.21 bits per heavy atom. The maximum absolute atomic E-state index is 6.10. The Balaban J connectivity index is 2.73. The first-order valence-electron chi connectivity index (χ1n) is 4.51. The van der Waals surface area contributed by atoms with E-state index in [0.29, 0.717) is 5.88 Å². The van der Waals surface area contributed by atoms with Gasteiger partial charge in [-0.2, -0.15) is 0 Å². The molecule has 0 saturated carbocycles. The quantitative estimate of drug-likeness (QED) is 0.426. The minimum absolute atomic E-state index is 0.282. The van der Waals surface area contributed by atoms with Crippen molar-refractivity contribution in [3.8, 4) is 0 Å². The van der Waals surface area contributed by atoms with Crippen LogP contribution in [0.15, 0.2) is 30.3 Å². The third-order valence-electron chi connectivity index (χ3n) is 2.06. The molecule has 0 saturated heterocycles. The van der Waals surface area contributed by atoms with Gasteiger partial charge in [-0.15, -0.1) is 33.8 Å². The Morgan fingerprint density at radius 2 is 1.79 bits per heavy atom. The first-order valence-corrected chi connectivity index (χ1v) is 9.78. The predicted octanol–water partition coefficient (Wildman–Crippen LogP) is 4.56. The fraction of sp³-hybridized carbons (Fsp3) is 0.400. The minimum atomic E-state index is -2.06. The molecule has 1 aromatic rings. The molecule has 1 unspecified atom stereocenters. The highest BCUT2D eigenvalue weighted by Gasteiger charge is 2.26. The highest BCUT2D eigenvalue weighted by molar-refractivity contribution is 7.44. The second kappa shape index (κ2) is 5.41. The zero-order valence-corrected chi connectivity index (χ0v) is 11.3. The normalized spacial score (nSPS) is 14.0. The Labute approximate surface area is 101 Å². The molecule has 0 heterocycles. The molecule has 1 rings (SSSR count). The summed E-state index contributed by atoms with van der Waals surface area (Å²) in [6, 6.07) is 11.0. The van der Waals surface area contributed by atoms with Crippen molar-refractivity contribution < 1.29 is 0 Å². The van der Waals surface area contributed by atoms with Gasteiger partial charge in [0.2, 0.25) is 6.69 Å². The molecule has 1 atom stereocenters. The van der Waals surface area contributed by atoms with Gasteiger partial charge in [-0.3, -0.25) is 0 Å². The molecule has 0 fully saturated rings. The summed E-state index contributed by atoms with van der Waals surface area (Å²) in [5.41, 5.74) is 1.22. The van der Waals surface area contributed by atoms with Crippen molar-refractivity contribution in [2.75, 3.05) is 5.88 Å². The van der Waals surface area contributed by atoms with Gasteiger partial charge in [0.1, 0.15) is 0 Å². The lowest BCUT2D eigenvalue weighted by Gasteiger charge is -2.19. The summed E-state index contributed by atoms with van der Waals surface area (Å²) in [5.74, 6) is 0.857. The van der Waals surface area contributed by atoms with Crippen molar-refractivity contribution in [2.45, 2.75) is 18.5 Å². The lowest BCUT2D eigenvalue weighted by atomic mass is 10.0. The van der Waals surface area contributed by atoms with Gasteiger partial charge in [0.25, 0.3) is 0 Å². The first-order chi connectivity index (χ1) is 6.53. The molecule has 0 aliphatic carbocycles. The number of hydrogen-bond acceptors (Lipinski definition) is 0. The Kier molecular flexibility index (Phi) is 4.78. The molecule has 0 aliphatic heterocycles. The molecule has 0 aliphatic rings. The van der Waals surface area contributed by atoms with Gasteiger partial charge in [-0.1, -0.05) is 30.3 Å². The minimum Gasteiger partial charge on any atom is -0.146 e. The maximum atomic E-state index is 6.10. The van der Waals surface area contributed by atoms with Crippen molar-refractivity contribution in [2.24, 2.45) is 0 Å². The summed E-state index contributed by atoms with van der Waals surface area (Å²) in [5, 5.41) is 0. The van der Waals surface area contributed by atoms with Crippen LogP contribution in [0.1, 0.15) is 11.5 Å². The van der Waals surface area contributed by atoms with Crippen LogP contribution in [0.2, 0.25) is 12.6 Å². The molecule has 1 aromatic carbocycles. The van der Waals surface area contributed by atoms with Crippen molar-refractivity contribution in [1.82, 2.24) is 0 Å². The van der Waals surface area contributed by atoms with Crippen molar-refractivity contribution >= 4 is 40.5 Å². The molecule has 0 nitrogen and oxygen atoms in total. The zero-order valence-electron chi connectivity index (χ0n) is 8.01. The van der Waals surface area contributed by atoms with Crippen LogP contribution in [-0.2, 0) is 0 Å². The summed E-state index contributed by atoms with van der Waals surface area (Å²) in [7, 11) is 0. The van der Waals surface area contributed by atoms with Gasteiger partial charge in [-0.25, -0.2) is 0 Å². The molecule has 0 radical (unpaired) electrons. The fourth-order valence-electron chi connectivity index (χ4n) is 1.42. The first kappa shape index (κ1) is 12.4. The van der Waals surface area contributed by atoms with Crippen LogP contribution in [0, 0.1) is 0 Å². The van der Waals surface area contributed by atoms with Crippen molar-refractivity contribution in [3.63, 3.8) is 0 Å². The number of rotatable bonds is 4. The van der Waals surface area contributed by atoms with Crippen molar-refractivity contribution in [1.29, 1.82) is 0 Å². The smallest absolute Gasteiger partial charge is 0.146 e. The Morgan fingerprint density at radius 3 is 2.21 bits per heavy atom. The van der Waals surface area contributed by atoms with Gasteiger partial charge in [0.15, 0.2) is 0 Å². The summed E-state index contributed by atoms with van der Waals surface area (Å²) in [6.07, 6.45) is 0. The molecule has 78 valence electrons. The van der Waals surface area contributed by atoms with Crippen LogP contribution >= 0.6 is 33.8 Å². The third-order valence-corrected chi connectivity index (χ3v) is 4.57. The van der Waals surface area contributed by atoms with Gasteiger partial charge in [0.05, 0.1) is 0 Å². The second-order valence-corrected chi connectivity index (χ2v) is 12.0. The largest absolute Gasteiger partial charge is 0.249 e. The van der Waals surface area contributed by atoms with E-state index in [4.69, 9.17) is 33.8 Å². The molecular weight excluding hydrogens is 255 g/mol. The summed E-state index contributed by atoms with van der Waals surface area (Å²) >= 11 is 18.1. The number of hydrogen-bond donors (Lipinski definition) is 0. The van der Waals surface area contributed by atoms with Crippen LogP contribution in [0.4, 0.5) is 0 Å². The molecule has 0 N–H and O–H groups in total. The van der Waals surface area contributed by atoms with Crippen LogP contribution < -0.4 is 0 Å². The number of benzene rings is 1. The van der Waals surface area contributed by atoms with E-state index in [2.05, 4.69) is 12.1 Å². The van der Waals surface area contributed by atoms with Crippen LogP contribution in [-0.4, -0.2) is 12.6 Å². The van der Waals surface area contributed by atoms with E-state index in [1.54, 1.807) is 0 Å². The highest BCUT2D eigenvalue weighted by Crippen LogP contribution is 2.31. The monoisotopic (exact) mass is 266 g/mol. The van der Waals surface area contributed by atoms with Crippen LogP contribution in [0.5, 0.6) is 0 Å². The van der Waals surface area contributed by atoms with E-state index in [0.717, 1.165) is 6.04 Å². The molecular formula is C10H13Cl3Si. The predicted molar refractivity (Wildman–Crippen MR) is 68.0 cm³/mol. The summed E-state index contributed by atoms with van der Waals surface area (Å²) in [6.45, 7) is -0.135. The summed E-state index contributed by atoms with van der Waals surface area (Å²) in [4.78, 5) is 0. The average molecular weight is 268 g/mol. The standard InChI is InChI=1S/C10H13Cl3Si/c1-14(12,13)8-10(7-11)9-5-3-2-4-6-9/h2-6,10H,7-8H2,1H3. The van der Waals surface area contributed by atoms with E-state index in [9.17, 15) is 0 Å². The average Bonchev–Trinajstić information content (AvgIpc) is 2.14. The van der Waals surface area contributed by atoms with E-state index in [1.807, 2.05) is 24.7 Å². The SMILES string of the molecule is C[Si](Cl)(Cl)CC(CCl)c1ccccc1. The molecule has 0 bridgehead atoms. The molecule has 0 aromatic heterocycles. The third kappa shape index (κ3) is 4.22. The number of halogens is 3. The van der Waals surface area contributed by atoms with Crippen molar-refractivity contribution in [3.05, 3.63) is 35.9 Å². The lowest BCUT2D eigenvalue weighted by molar-refractivity contribution is 0.864.